The lowest BCUT2D eigenvalue weighted by atomic mass is 10.0. The lowest BCUT2D eigenvalue weighted by Gasteiger charge is -2.08. The number of ketones is 1. The van der Waals surface area contributed by atoms with Gasteiger partial charge < -0.3 is 15.3 Å². The lowest BCUT2D eigenvalue weighted by molar-refractivity contribution is -0.136. The molecule has 2 aromatic carbocycles. The van der Waals surface area contributed by atoms with Gasteiger partial charge >= 0.3 is 0 Å². The van der Waals surface area contributed by atoms with Gasteiger partial charge in [0.15, 0.2) is 11.5 Å². The first-order valence-corrected chi connectivity index (χ1v) is 7.66. The third-order valence-corrected chi connectivity index (χ3v) is 3.50. The van der Waals surface area contributed by atoms with Crippen LogP contribution in [0.4, 0.5) is 0 Å². The molecule has 25 heavy (non-hydrogen) atoms. The molecule has 0 radical (unpaired) electrons. The van der Waals surface area contributed by atoms with Crippen LogP contribution in [0.25, 0.3) is 0 Å². The first-order chi connectivity index (χ1) is 12.0. The Morgan fingerprint density at radius 1 is 0.920 bits per heavy atom. The van der Waals surface area contributed by atoms with Gasteiger partial charge in [0.25, 0.3) is 0 Å². The molecule has 7 heteroatoms. The topological polar surface area (TPSA) is 116 Å². The quantitative estimate of drug-likeness (QED) is 0.429. The minimum absolute atomic E-state index is 0.0401. The summed E-state index contributed by atoms with van der Waals surface area (Å²) in [7, 11) is 0. The Bertz CT molecular complexity index is 745. The zero-order valence-corrected chi connectivity index (χ0v) is 13.4. The van der Waals surface area contributed by atoms with E-state index in [4.69, 9.17) is 4.84 Å². The van der Waals surface area contributed by atoms with E-state index >= 15 is 0 Å². The molecular formula is C18H19NO6. The molecule has 0 saturated heterocycles. The van der Waals surface area contributed by atoms with Crippen molar-refractivity contribution in [2.24, 2.45) is 0 Å². The van der Waals surface area contributed by atoms with E-state index in [1.165, 1.54) is 12.1 Å². The van der Waals surface area contributed by atoms with Gasteiger partial charge in [-0.25, -0.2) is 5.48 Å². The molecule has 2 aromatic rings. The van der Waals surface area contributed by atoms with E-state index in [0.717, 1.165) is 5.56 Å². The summed E-state index contributed by atoms with van der Waals surface area (Å²) in [4.78, 5) is 28.6. The van der Waals surface area contributed by atoms with E-state index in [-0.39, 0.29) is 37.2 Å². The van der Waals surface area contributed by atoms with Crippen LogP contribution >= 0.6 is 0 Å². The van der Waals surface area contributed by atoms with Crippen LogP contribution < -0.4 is 5.48 Å². The van der Waals surface area contributed by atoms with E-state index in [9.17, 15) is 24.9 Å². The predicted octanol–water partition coefficient (Wildman–Crippen LogP) is 1.94. The fourth-order valence-corrected chi connectivity index (χ4v) is 2.13. The summed E-state index contributed by atoms with van der Waals surface area (Å²) in [5, 5.41) is 28.3. The van der Waals surface area contributed by atoms with Crippen LogP contribution in [0.2, 0.25) is 0 Å². The molecule has 0 heterocycles. The van der Waals surface area contributed by atoms with Gasteiger partial charge in [-0.15, -0.1) is 0 Å². The number of phenols is 3. The van der Waals surface area contributed by atoms with Crippen molar-refractivity contribution >= 4 is 11.7 Å². The van der Waals surface area contributed by atoms with Crippen molar-refractivity contribution in [1.82, 2.24) is 5.48 Å². The number of carbonyl (C=O) groups excluding carboxylic acids is 2. The van der Waals surface area contributed by atoms with Crippen LogP contribution in [0.3, 0.4) is 0 Å². The van der Waals surface area contributed by atoms with E-state index in [0.29, 0.717) is 0 Å². The Morgan fingerprint density at radius 3 is 2.36 bits per heavy atom. The SMILES string of the molecule is O=C(CCC(=O)NOCc1ccccc1)Cc1ccc(O)c(O)c1O. The number of Topliss-reactive ketones (excluding diaryl/α,β-unsaturated/α-hetero) is 1. The highest BCUT2D eigenvalue weighted by molar-refractivity contribution is 5.86. The third-order valence-electron chi connectivity index (χ3n) is 3.50. The van der Waals surface area contributed by atoms with Crippen molar-refractivity contribution in [1.29, 1.82) is 0 Å². The van der Waals surface area contributed by atoms with Gasteiger partial charge in [0.05, 0.1) is 6.61 Å². The number of aromatic hydroxyl groups is 3. The van der Waals surface area contributed by atoms with Crippen molar-refractivity contribution < 1.29 is 29.7 Å². The number of nitrogens with one attached hydrogen (secondary N) is 1. The highest BCUT2D eigenvalue weighted by Crippen LogP contribution is 2.37. The predicted molar refractivity (Wildman–Crippen MR) is 88.8 cm³/mol. The Hall–Kier alpha value is -3.06. The maximum atomic E-state index is 11.9. The molecule has 0 aromatic heterocycles. The number of hydroxylamine groups is 1. The van der Waals surface area contributed by atoms with Gasteiger partial charge in [0.1, 0.15) is 5.78 Å². The van der Waals surface area contributed by atoms with Gasteiger partial charge in [-0.1, -0.05) is 36.4 Å². The van der Waals surface area contributed by atoms with Crippen LogP contribution in [0, 0.1) is 0 Å². The van der Waals surface area contributed by atoms with Gasteiger partial charge in [-0.2, -0.15) is 0 Å². The molecule has 4 N–H and O–H groups in total. The van der Waals surface area contributed by atoms with Crippen molar-refractivity contribution in [3.05, 3.63) is 53.6 Å². The van der Waals surface area contributed by atoms with Crippen molar-refractivity contribution in [3.63, 3.8) is 0 Å². The normalized spacial score (nSPS) is 10.4. The number of carbonyl (C=O) groups is 2. The molecule has 2 rings (SSSR count). The summed E-state index contributed by atoms with van der Waals surface area (Å²) in [6, 6.07) is 11.8. The zero-order valence-electron chi connectivity index (χ0n) is 13.4. The summed E-state index contributed by atoms with van der Waals surface area (Å²) in [5.74, 6) is -2.40. The van der Waals surface area contributed by atoms with E-state index in [2.05, 4.69) is 5.48 Å². The first kappa shape index (κ1) is 18.3. The molecule has 0 atom stereocenters. The Labute approximate surface area is 144 Å². The summed E-state index contributed by atoms with van der Waals surface area (Å²) in [5.41, 5.74) is 3.35. The van der Waals surface area contributed by atoms with Crippen molar-refractivity contribution in [2.75, 3.05) is 0 Å². The standard InChI is InChI=1S/C18H19NO6/c20-14(10-13-6-8-15(21)18(24)17(13)23)7-9-16(22)19-25-11-12-4-2-1-3-5-12/h1-6,8,21,23-24H,7,9-11H2,(H,19,22). The molecule has 0 bridgehead atoms. The number of amides is 1. The first-order valence-electron chi connectivity index (χ1n) is 7.66. The number of hydrogen-bond donors (Lipinski definition) is 4. The molecular weight excluding hydrogens is 326 g/mol. The zero-order chi connectivity index (χ0) is 18.2. The third kappa shape index (κ3) is 5.50. The van der Waals surface area contributed by atoms with Crippen LogP contribution in [0.5, 0.6) is 17.2 Å². The molecule has 0 aliphatic carbocycles. The fraction of sp³-hybridized carbons (Fsp3) is 0.222. The van der Waals surface area contributed by atoms with Gasteiger partial charge in [-0.05, 0) is 11.6 Å². The smallest absolute Gasteiger partial charge is 0.243 e. The molecule has 7 nitrogen and oxygen atoms in total. The minimum atomic E-state index is -0.669. The molecule has 0 aliphatic rings. The Morgan fingerprint density at radius 2 is 1.64 bits per heavy atom. The van der Waals surface area contributed by atoms with Gasteiger partial charge in [0, 0.05) is 24.8 Å². The fourth-order valence-electron chi connectivity index (χ4n) is 2.13. The van der Waals surface area contributed by atoms with Crippen molar-refractivity contribution in [3.8, 4) is 17.2 Å². The average molecular weight is 345 g/mol. The number of benzene rings is 2. The molecule has 0 aliphatic heterocycles. The summed E-state index contributed by atoms with van der Waals surface area (Å²) >= 11 is 0. The largest absolute Gasteiger partial charge is 0.504 e. The molecule has 132 valence electrons. The second-order valence-electron chi connectivity index (χ2n) is 5.46. The van der Waals surface area contributed by atoms with E-state index < -0.39 is 23.2 Å². The van der Waals surface area contributed by atoms with E-state index in [1.54, 1.807) is 0 Å². The number of hydrogen-bond acceptors (Lipinski definition) is 6. The summed E-state index contributed by atoms with van der Waals surface area (Å²) in [6.45, 7) is 0.223. The lowest BCUT2D eigenvalue weighted by Crippen LogP contribution is -2.24. The van der Waals surface area contributed by atoms with Crippen LogP contribution in [0.1, 0.15) is 24.0 Å². The average Bonchev–Trinajstić information content (AvgIpc) is 2.61. The highest BCUT2D eigenvalue weighted by atomic mass is 16.6. The second kappa shape index (κ2) is 8.70. The molecule has 1 amide bonds. The molecule has 0 spiro atoms. The summed E-state index contributed by atoms with van der Waals surface area (Å²) in [6.07, 6.45) is -0.252. The maximum absolute atomic E-state index is 11.9. The molecule has 0 fully saturated rings. The minimum Gasteiger partial charge on any atom is -0.504 e. The van der Waals surface area contributed by atoms with Crippen LogP contribution in [-0.2, 0) is 27.5 Å². The van der Waals surface area contributed by atoms with Crippen LogP contribution in [0.15, 0.2) is 42.5 Å². The maximum Gasteiger partial charge on any atom is 0.243 e. The molecule has 0 saturated carbocycles. The second-order valence-corrected chi connectivity index (χ2v) is 5.46. The number of rotatable bonds is 8. The Kier molecular flexibility index (Phi) is 6.36. The van der Waals surface area contributed by atoms with Gasteiger partial charge in [0.2, 0.25) is 11.7 Å². The van der Waals surface area contributed by atoms with Gasteiger partial charge in [-0.3, -0.25) is 14.4 Å². The van der Waals surface area contributed by atoms with E-state index in [1.807, 2.05) is 30.3 Å². The number of phenolic OH excluding ortho intramolecular Hbond substituents is 3. The summed E-state index contributed by atoms with van der Waals surface area (Å²) < 4.78 is 0. The van der Waals surface area contributed by atoms with Crippen LogP contribution in [-0.4, -0.2) is 27.0 Å². The van der Waals surface area contributed by atoms with Crippen molar-refractivity contribution in [2.45, 2.75) is 25.9 Å². The monoisotopic (exact) mass is 345 g/mol. The highest BCUT2D eigenvalue weighted by Gasteiger charge is 2.15. The Balaban J connectivity index is 1.72. The molecule has 0 unspecified atom stereocenters.